The maximum atomic E-state index is 11.7. The lowest BCUT2D eigenvalue weighted by Gasteiger charge is -2.26. The molecule has 20 heavy (non-hydrogen) atoms. The smallest absolute Gasteiger partial charge is 0.261 e. The molecule has 0 aromatic carbocycles. The van der Waals surface area contributed by atoms with Gasteiger partial charge in [0.1, 0.15) is 0 Å². The number of rotatable bonds is 6. The van der Waals surface area contributed by atoms with E-state index < -0.39 is 0 Å². The van der Waals surface area contributed by atoms with E-state index in [0.717, 1.165) is 25.7 Å². The van der Waals surface area contributed by atoms with Gasteiger partial charge in [0, 0.05) is 12.0 Å². The van der Waals surface area contributed by atoms with Crippen molar-refractivity contribution in [2.24, 2.45) is 5.41 Å². The minimum Gasteiger partial charge on any atom is -0.396 e. The van der Waals surface area contributed by atoms with Crippen molar-refractivity contribution < 1.29 is 14.7 Å². The van der Waals surface area contributed by atoms with Gasteiger partial charge in [-0.2, -0.15) is 0 Å². The Balaban J connectivity index is 1.71. The van der Waals surface area contributed by atoms with Crippen LogP contribution in [0.25, 0.3) is 0 Å². The molecule has 1 aromatic rings. The highest BCUT2D eigenvalue weighted by Crippen LogP contribution is 2.36. The quantitative estimate of drug-likeness (QED) is 0.737. The van der Waals surface area contributed by atoms with Crippen LogP contribution in [0, 0.1) is 5.41 Å². The molecule has 0 radical (unpaired) electrons. The second-order valence-corrected chi connectivity index (χ2v) is 6.25. The summed E-state index contributed by atoms with van der Waals surface area (Å²) in [5, 5.41) is 16.7. The molecular formula is C14H20N2O3S. The summed E-state index contributed by atoms with van der Waals surface area (Å²) in [4.78, 5) is 24.0. The molecule has 5 nitrogen and oxygen atoms in total. The molecule has 1 fully saturated rings. The minimum absolute atomic E-state index is 0.0295. The van der Waals surface area contributed by atoms with Crippen LogP contribution in [0.5, 0.6) is 0 Å². The molecule has 1 aliphatic rings. The zero-order valence-electron chi connectivity index (χ0n) is 11.4. The molecule has 1 aliphatic carbocycles. The molecule has 1 heterocycles. The number of hydrogen-bond donors (Lipinski definition) is 3. The molecular weight excluding hydrogens is 276 g/mol. The van der Waals surface area contributed by atoms with Gasteiger partial charge in [0.25, 0.3) is 5.91 Å². The summed E-state index contributed by atoms with van der Waals surface area (Å²) >= 11 is 1.34. The predicted octanol–water partition coefficient (Wildman–Crippen LogP) is 1.15. The third-order valence-electron chi connectivity index (χ3n) is 3.81. The average Bonchev–Trinajstić information content (AvgIpc) is 3.14. The first-order valence-corrected chi connectivity index (χ1v) is 7.72. The molecule has 0 bridgehead atoms. The van der Waals surface area contributed by atoms with E-state index in [9.17, 15) is 14.7 Å². The van der Waals surface area contributed by atoms with Gasteiger partial charge in [-0.1, -0.05) is 18.9 Å². The summed E-state index contributed by atoms with van der Waals surface area (Å²) in [5.41, 5.74) is -0.159. The van der Waals surface area contributed by atoms with Gasteiger partial charge < -0.3 is 15.7 Å². The molecule has 3 N–H and O–H groups in total. The molecule has 1 saturated carbocycles. The zero-order chi connectivity index (χ0) is 14.4. The Kier molecular flexibility index (Phi) is 5.14. The Morgan fingerprint density at radius 1 is 1.30 bits per heavy atom. The SMILES string of the molecule is O=C(CNC(=O)c1cccs1)NCC1(CO)CCCC1. The lowest BCUT2D eigenvalue weighted by atomic mass is 9.87. The Morgan fingerprint density at radius 2 is 2.05 bits per heavy atom. The van der Waals surface area contributed by atoms with Gasteiger partial charge in [0.05, 0.1) is 18.0 Å². The van der Waals surface area contributed by atoms with Gasteiger partial charge in [-0.25, -0.2) is 0 Å². The predicted molar refractivity (Wildman–Crippen MR) is 77.6 cm³/mol. The third-order valence-corrected chi connectivity index (χ3v) is 4.68. The molecule has 0 saturated heterocycles. The van der Waals surface area contributed by atoms with Crippen LogP contribution >= 0.6 is 11.3 Å². The first kappa shape index (κ1) is 15.0. The Labute approximate surface area is 122 Å². The fraction of sp³-hybridized carbons (Fsp3) is 0.571. The van der Waals surface area contributed by atoms with Crippen LogP contribution in [0.2, 0.25) is 0 Å². The van der Waals surface area contributed by atoms with E-state index in [-0.39, 0.29) is 30.4 Å². The van der Waals surface area contributed by atoms with E-state index in [0.29, 0.717) is 11.4 Å². The van der Waals surface area contributed by atoms with Crippen LogP contribution in [0.1, 0.15) is 35.4 Å². The molecule has 6 heteroatoms. The van der Waals surface area contributed by atoms with Crippen molar-refractivity contribution in [1.82, 2.24) is 10.6 Å². The largest absolute Gasteiger partial charge is 0.396 e. The van der Waals surface area contributed by atoms with Gasteiger partial charge in [-0.3, -0.25) is 9.59 Å². The van der Waals surface area contributed by atoms with Crippen LogP contribution in [-0.2, 0) is 4.79 Å². The van der Waals surface area contributed by atoms with Gasteiger partial charge in [-0.05, 0) is 24.3 Å². The highest BCUT2D eigenvalue weighted by Gasteiger charge is 2.33. The van der Waals surface area contributed by atoms with Crippen LogP contribution in [0.3, 0.4) is 0 Å². The van der Waals surface area contributed by atoms with Crippen molar-refractivity contribution in [2.75, 3.05) is 19.7 Å². The van der Waals surface area contributed by atoms with Crippen LogP contribution in [-0.4, -0.2) is 36.6 Å². The standard InChI is InChI=1S/C14H20N2O3S/c17-10-14(5-1-2-6-14)9-16-12(18)8-15-13(19)11-4-3-7-20-11/h3-4,7,17H,1-2,5-6,8-10H2,(H,15,19)(H,16,18). The molecule has 110 valence electrons. The van der Waals surface area contributed by atoms with E-state index in [4.69, 9.17) is 0 Å². The van der Waals surface area contributed by atoms with Gasteiger partial charge in [0.15, 0.2) is 0 Å². The molecule has 0 aliphatic heterocycles. The molecule has 2 amide bonds. The van der Waals surface area contributed by atoms with Crippen LogP contribution < -0.4 is 10.6 Å². The van der Waals surface area contributed by atoms with Crippen molar-refractivity contribution in [2.45, 2.75) is 25.7 Å². The highest BCUT2D eigenvalue weighted by molar-refractivity contribution is 7.12. The Bertz CT molecular complexity index is 453. The number of aliphatic hydroxyl groups excluding tert-OH is 1. The normalized spacial score (nSPS) is 16.9. The fourth-order valence-electron chi connectivity index (χ4n) is 2.52. The highest BCUT2D eigenvalue weighted by atomic mass is 32.1. The second kappa shape index (κ2) is 6.85. The van der Waals surface area contributed by atoms with Crippen LogP contribution in [0.4, 0.5) is 0 Å². The topological polar surface area (TPSA) is 78.4 Å². The number of thiophene rings is 1. The monoisotopic (exact) mass is 296 g/mol. The Morgan fingerprint density at radius 3 is 2.65 bits per heavy atom. The molecule has 0 spiro atoms. The van der Waals surface area contributed by atoms with Crippen molar-refractivity contribution in [1.29, 1.82) is 0 Å². The van der Waals surface area contributed by atoms with Gasteiger partial charge >= 0.3 is 0 Å². The Hall–Kier alpha value is -1.40. The summed E-state index contributed by atoms with van der Waals surface area (Å²) in [6.45, 7) is 0.560. The average molecular weight is 296 g/mol. The van der Waals surface area contributed by atoms with Crippen molar-refractivity contribution in [3.05, 3.63) is 22.4 Å². The van der Waals surface area contributed by atoms with Gasteiger partial charge in [0.2, 0.25) is 5.91 Å². The maximum Gasteiger partial charge on any atom is 0.261 e. The molecule has 0 unspecified atom stereocenters. The van der Waals surface area contributed by atoms with Crippen molar-refractivity contribution >= 4 is 23.2 Å². The first-order chi connectivity index (χ1) is 9.65. The summed E-state index contributed by atoms with van der Waals surface area (Å²) in [7, 11) is 0. The lowest BCUT2D eigenvalue weighted by Crippen LogP contribution is -2.42. The van der Waals surface area contributed by atoms with E-state index in [2.05, 4.69) is 10.6 Å². The number of carbonyl (C=O) groups excluding carboxylic acids is 2. The summed E-state index contributed by atoms with van der Waals surface area (Å²) in [6.07, 6.45) is 4.10. The third kappa shape index (κ3) is 3.80. The second-order valence-electron chi connectivity index (χ2n) is 5.30. The van der Waals surface area contributed by atoms with Gasteiger partial charge in [-0.15, -0.1) is 11.3 Å². The van der Waals surface area contributed by atoms with E-state index in [1.807, 2.05) is 5.38 Å². The number of hydrogen-bond acceptors (Lipinski definition) is 4. The minimum atomic E-state index is -0.229. The fourth-order valence-corrected chi connectivity index (χ4v) is 3.16. The van der Waals surface area contributed by atoms with E-state index >= 15 is 0 Å². The number of amides is 2. The van der Waals surface area contributed by atoms with Crippen LogP contribution in [0.15, 0.2) is 17.5 Å². The van der Waals surface area contributed by atoms with Crippen molar-refractivity contribution in [3.63, 3.8) is 0 Å². The zero-order valence-corrected chi connectivity index (χ0v) is 12.2. The first-order valence-electron chi connectivity index (χ1n) is 6.84. The number of nitrogens with one attached hydrogen (secondary N) is 2. The lowest BCUT2D eigenvalue weighted by molar-refractivity contribution is -0.120. The van der Waals surface area contributed by atoms with E-state index in [1.54, 1.807) is 12.1 Å². The molecule has 2 rings (SSSR count). The van der Waals surface area contributed by atoms with Crippen molar-refractivity contribution in [3.8, 4) is 0 Å². The summed E-state index contributed by atoms with van der Waals surface area (Å²) < 4.78 is 0. The number of aliphatic hydroxyl groups is 1. The summed E-state index contributed by atoms with van der Waals surface area (Å²) in [6, 6.07) is 3.52. The number of carbonyl (C=O) groups is 2. The molecule has 0 atom stereocenters. The maximum absolute atomic E-state index is 11.7. The molecule has 1 aromatic heterocycles. The van der Waals surface area contributed by atoms with E-state index in [1.165, 1.54) is 11.3 Å². The summed E-state index contributed by atoms with van der Waals surface area (Å²) in [5.74, 6) is -0.442.